The Morgan fingerprint density at radius 3 is 2.30 bits per heavy atom. The van der Waals surface area contributed by atoms with E-state index in [4.69, 9.17) is 37.9 Å². The fourth-order valence-corrected chi connectivity index (χ4v) is 12.1. The number of carbonyl (C=O) groups is 3. The Labute approximate surface area is 470 Å². The van der Waals surface area contributed by atoms with Crippen molar-refractivity contribution in [1.29, 1.82) is 0 Å². The fraction of sp³-hybridized carbons (Fsp3) is 0.804. The van der Waals surface area contributed by atoms with Crippen LogP contribution in [0.4, 0.5) is 20.6 Å². The lowest BCUT2D eigenvalue weighted by molar-refractivity contribution is -0.318. The van der Waals surface area contributed by atoms with E-state index in [1.165, 1.54) is 31.9 Å². The molecule has 0 spiro atoms. The predicted molar refractivity (Wildman–Crippen MR) is 291 cm³/mol. The molecule has 0 bridgehead atoms. The minimum absolute atomic E-state index is 0.0736. The summed E-state index contributed by atoms with van der Waals surface area (Å²) in [7, 11) is 6.86. The average molecular weight is 1140 g/mol. The maximum Gasteiger partial charge on any atom is 0.414 e. The minimum atomic E-state index is -1.86. The SMILES string of the molecule is CC[C@H]1OC(=O)[C@H](C)[C@@H](O[C@H]2C[C@@](C)(OC)[C@@H](O)[C@H](C)O2)[C@H](C)[C@@H](O[C@@H]2O[C@H](C)C[C@H](N(C)CCc3cn(C[C@H]4CN(c5ccc(N(C)CCOC(C)=O)c(F)c5)C(=O)O4)nn3)[C@H]2O)[C@](C)(O)C[C@@H](C)CN(C)[C@H](C)[C@@H](O)[C@]1(C)O. The predicted octanol–water partition coefficient (Wildman–Crippen LogP) is 3.27. The Kier molecular flexibility index (Phi) is 22.0. The number of anilines is 2. The van der Waals surface area contributed by atoms with Crippen LogP contribution in [0.25, 0.3) is 0 Å². The highest BCUT2D eigenvalue weighted by molar-refractivity contribution is 5.90. The van der Waals surface area contributed by atoms with Crippen LogP contribution in [0.15, 0.2) is 24.4 Å². The number of esters is 2. The molecule has 4 saturated heterocycles. The van der Waals surface area contributed by atoms with Gasteiger partial charge in [-0.2, -0.15) is 0 Å². The Balaban J connectivity index is 1.18. The smallest absolute Gasteiger partial charge is 0.414 e. The van der Waals surface area contributed by atoms with Gasteiger partial charge in [-0.3, -0.25) is 14.5 Å². The number of nitrogens with zero attached hydrogens (tertiary/aromatic N) is 7. The number of aromatic nitrogens is 3. The van der Waals surface area contributed by atoms with Crippen LogP contribution >= 0.6 is 0 Å². The molecule has 6 rings (SSSR count). The highest BCUT2D eigenvalue weighted by Gasteiger charge is 2.53. The topological polar surface area (TPSA) is 270 Å². The number of carbonyl (C=O) groups excluding carboxylic acids is 3. The van der Waals surface area contributed by atoms with Crippen LogP contribution in [0.1, 0.15) is 108 Å². The first-order valence-electron chi connectivity index (χ1n) is 28.2. The summed E-state index contributed by atoms with van der Waals surface area (Å²) < 4.78 is 65.7. The normalized spacial score (nSPS) is 38.1. The zero-order chi connectivity index (χ0) is 59.3. The highest BCUT2D eigenvalue weighted by atomic mass is 19.1. The molecule has 2 aromatic rings. The van der Waals surface area contributed by atoms with Gasteiger partial charge < -0.3 is 78.1 Å². The molecule has 4 aliphatic heterocycles. The van der Waals surface area contributed by atoms with E-state index < -0.39 is 132 Å². The Bertz CT molecular complexity index is 2370. The van der Waals surface area contributed by atoms with E-state index in [2.05, 4.69) is 10.3 Å². The van der Waals surface area contributed by atoms with Crippen LogP contribution in [-0.4, -0.2) is 226 Å². The molecule has 454 valence electrons. The third kappa shape index (κ3) is 15.3. The molecule has 80 heavy (non-hydrogen) atoms. The number of cyclic esters (lactones) is 2. The van der Waals surface area contributed by atoms with E-state index in [1.54, 1.807) is 83.4 Å². The zero-order valence-electron chi connectivity index (χ0n) is 49.6. The lowest BCUT2D eigenvalue weighted by Crippen LogP contribution is -2.61. The molecule has 5 N–H and O–H groups in total. The van der Waals surface area contributed by atoms with Gasteiger partial charge >= 0.3 is 18.0 Å². The number of amides is 1. The van der Waals surface area contributed by atoms with Gasteiger partial charge in [-0.15, -0.1) is 5.10 Å². The van der Waals surface area contributed by atoms with E-state index in [0.29, 0.717) is 37.3 Å². The van der Waals surface area contributed by atoms with E-state index >= 15 is 4.39 Å². The summed E-state index contributed by atoms with van der Waals surface area (Å²) in [5.41, 5.74) is -3.38. The van der Waals surface area contributed by atoms with Crippen LogP contribution in [0, 0.1) is 23.6 Å². The van der Waals surface area contributed by atoms with E-state index in [9.17, 15) is 39.9 Å². The molecule has 19 atom stereocenters. The third-order valence-electron chi connectivity index (χ3n) is 17.1. The lowest BCUT2D eigenvalue weighted by Gasteiger charge is -2.49. The molecule has 0 unspecified atom stereocenters. The zero-order valence-corrected chi connectivity index (χ0v) is 49.6. The Morgan fingerprint density at radius 1 is 0.950 bits per heavy atom. The van der Waals surface area contributed by atoms with Crippen LogP contribution in [0.3, 0.4) is 0 Å². The molecule has 5 heterocycles. The summed E-state index contributed by atoms with van der Waals surface area (Å²) >= 11 is 0. The molecule has 0 radical (unpaired) electrons. The number of hydrogen-bond acceptors (Lipinski definition) is 21. The van der Waals surface area contributed by atoms with E-state index in [1.807, 2.05) is 37.7 Å². The second-order valence-electron chi connectivity index (χ2n) is 23.9. The first-order chi connectivity index (χ1) is 37.4. The number of halogens is 1. The van der Waals surface area contributed by atoms with Gasteiger partial charge in [-0.1, -0.05) is 26.0 Å². The number of rotatable bonds is 17. The van der Waals surface area contributed by atoms with Crippen LogP contribution in [0.5, 0.6) is 0 Å². The minimum Gasteiger partial charge on any atom is -0.464 e. The van der Waals surface area contributed by atoms with Gasteiger partial charge in [0.1, 0.15) is 48.5 Å². The first-order valence-corrected chi connectivity index (χ1v) is 28.2. The van der Waals surface area contributed by atoms with Gasteiger partial charge in [0.05, 0.1) is 78.2 Å². The van der Waals surface area contributed by atoms with E-state index in [-0.39, 0.29) is 57.1 Å². The number of benzene rings is 1. The van der Waals surface area contributed by atoms with E-state index in [0.717, 1.165) is 0 Å². The largest absolute Gasteiger partial charge is 0.464 e. The molecule has 1 aromatic heterocycles. The second-order valence-corrected chi connectivity index (χ2v) is 23.9. The van der Waals surface area contributed by atoms with Gasteiger partial charge in [0, 0.05) is 71.2 Å². The van der Waals surface area contributed by atoms with Crippen molar-refractivity contribution in [3.05, 3.63) is 35.9 Å². The summed E-state index contributed by atoms with van der Waals surface area (Å²) in [6, 6.07) is 3.34. The lowest BCUT2D eigenvalue weighted by atomic mass is 9.77. The summed E-state index contributed by atoms with van der Waals surface area (Å²) in [5.74, 6) is -3.90. The van der Waals surface area contributed by atoms with Crippen molar-refractivity contribution in [2.24, 2.45) is 17.8 Å². The Hall–Kier alpha value is -4.18. The van der Waals surface area contributed by atoms with Gasteiger partial charge in [0.25, 0.3) is 0 Å². The molecule has 4 aliphatic rings. The Morgan fingerprint density at radius 2 is 1.65 bits per heavy atom. The molecule has 1 aromatic carbocycles. The highest BCUT2D eigenvalue weighted by Crippen LogP contribution is 2.41. The number of ether oxygens (including phenoxy) is 8. The number of methoxy groups -OCH3 is 1. The molecule has 1 amide bonds. The summed E-state index contributed by atoms with van der Waals surface area (Å²) in [6.07, 6.45) is -8.66. The second kappa shape index (κ2) is 27.0. The number of hydrogen-bond donors (Lipinski definition) is 5. The monoisotopic (exact) mass is 1140 g/mol. The van der Waals surface area contributed by atoms with Crippen LogP contribution < -0.4 is 9.80 Å². The molecule has 24 heteroatoms. The standard InChI is InChI=1S/C56H92FN7O16/c1-16-44-56(11,72)48(67)35(6)62(14)27-31(2)25-54(9,71)50(33(4)47(34(5)51(69)78-44)79-45-26-55(10,73-15)49(68)36(7)76-45)80-52-46(66)43(23-32(3)75-52)60(12)20-19-38-28-63(59-58-38)29-40-30-64(53(70)77-40)39-17-18-42(41(57)24-39)61(13)21-22-74-37(8)65/h17-18,24,28,31-36,40,43-50,52,66-68,71-72H,16,19-23,25-27,29-30H2,1-15H3/t31-,32-,33+,34-,35-,36+,40+,43+,44-,45+,46-,47+,48-,49+,50-,52+,54-,55-,56-/m1/s1. The third-order valence-corrected chi connectivity index (χ3v) is 17.1. The molecular weight excluding hydrogens is 1050 g/mol. The number of aliphatic hydroxyl groups is 5. The summed E-state index contributed by atoms with van der Waals surface area (Å²) in [4.78, 5) is 45.5. The summed E-state index contributed by atoms with van der Waals surface area (Å²) in [5, 5.41) is 68.5. The van der Waals surface area contributed by atoms with Crippen molar-refractivity contribution in [3.8, 4) is 0 Å². The summed E-state index contributed by atoms with van der Waals surface area (Å²) in [6.45, 7) is 20.2. The average Bonchev–Trinajstić information content (AvgIpc) is 4.05. The number of aliphatic hydroxyl groups excluding tert-OH is 3. The molecule has 23 nitrogen and oxygen atoms in total. The quantitative estimate of drug-likeness (QED) is 0.112. The molecule has 0 aliphatic carbocycles. The van der Waals surface area contributed by atoms with Crippen molar-refractivity contribution < 1.29 is 82.2 Å². The maximum atomic E-state index is 15.2. The van der Waals surface area contributed by atoms with Crippen molar-refractivity contribution in [3.63, 3.8) is 0 Å². The molecule has 0 saturated carbocycles. The molecular formula is C56H92FN7O16. The first kappa shape index (κ1) is 65.0. The fourth-order valence-electron chi connectivity index (χ4n) is 12.1. The van der Waals surface area contributed by atoms with Gasteiger partial charge in [0.2, 0.25) is 0 Å². The maximum absolute atomic E-state index is 15.2. The number of likely N-dealkylation sites (N-methyl/N-ethyl adjacent to an activating group) is 3. The van der Waals surface area contributed by atoms with Crippen LogP contribution in [-0.2, 0) is 60.4 Å². The van der Waals surface area contributed by atoms with Crippen molar-refractivity contribution in [2.45, 2.75) is 211 Å². The van der Waals surface area contributed by atoms with Crippen LogP contribution in [0.2, 0.25) is 0 Å². The van der Waals surface area contributed by atoms with Gasteiger partial charge in [-0.25, -0.2) is 13.9 Å². The van der Waals surface area contributed by atoms with Gasteiger partial charge in [0.15, 0.2) is 12.6 Å². The van der Waals surface area contributed by atoms with Crippen molar-refractivity contribution in [1.82, 2.24) is 24.8 Å². The van der Waals surface area contributed by atoms with Crippen molar-refractivity contribution >= 4 is 29.4 Å². The van der Waals surface area contributed by atoms with Gasteiger partial charge in [-0.05, 0) is 106 Å². The molecule has 4 fully saturated rings. The van der Waals surface area contributed by atoms with Crippen molar-refractivity contribution in [2.75, 3.05) is 70.8 Å².